The molecule has 0 aliphatic carbocycles. The SMILES string of the molecule is C[C@@H](O)[C@H](NC(=O)[C@H](CCCN)NC(=O)[C@@H](Cc1c[nH]c2ccccc12)NC(=O)[C@H](Cc1ccc(O)cc1)NC(=O)[C@@H](N)CS)C(=O)N[C@@H](Cc1ccccc1)C(=O)O. The lowest BCUT2D eigenvalue weighted by Crippen LogP contribution is -2.61. The second-order valence-corrected chi connectivity index (χ2v) is 14.5. The maximum atomic E-state index is 14.3. The number of aliphatic carboxylic acids is 1. The largest absolute Gasteiger partial charge is 0.508 e. The summed E-state index contributed by atoms with van der Waals surface area (Å²) in [5, 5.41) is 43.8. The predicted molar refractivity (Wildman–Crippen MR) is 223 cm³/mol. The van der Waals surface area contributed by atoms with Crippen molar-refractivity contribution in [1.29, 1.82) is 0 Å². The Bertz CT molecular complexity index is 2050. The number of nitrogens with two attached hydrogens (primary N) is 2. The number of hydrogen-bond acceptors (Lipinski definition) is 11. The average Bonchev–Trinajstić information content (AvgIpc) is 3.63. The Balaban J connectivity index is 1.59. The Kier molecular flexibility index (Phi) is 17.3. The minimum atomic E-state index is -1.62. The molecule has 3 aromatic carbocycles. The van der Waals surface area contributed by atoms with E-state index in [4.69, 9.17) is 11.5 Å². The van der Waals surface area contributed by atoms with Crippen molar-refractivity contribution >= 4 is 59.0 Å². The number of carboxylic acids is 1. The standard InChI is InChI=1S/C41H52N8O9S/c1-23(50)35(40(56)48-34(41(57)58)19-24-8-3-2-4-9-24)49-37(53)31(12-7-17-42)45-39(55)33(20-26-21-44-30-11-6-5-10-28(26)30)47-38(54)32(46-36(52)29(43)22-59)18-25-13-15-27(51)16-14-25/h2-6,8-11,13-16,21,23,29,31-35,44,50-51,59H,7,12,17-20,22,42-43H2,1H3,(H,45,55)(H,46,52)(H,47,54)(H,48,56)(H,49,53)(H,57,58)/t23-,29+,31+,32+,33-,34+,35+/m1/s1. The number of amides is 5. The number of phenolic OH excluding ortho intramolecular Hbond substituents is 1. The van der Waals surface area contributed by atoms with Crippen molar-refractivity contribution in [2.75, 3.05) is 12.3 Å². The predicted octanol–water partition coefficient (Wildman–Crippen LogP) is -0.213. The highest BCUT2D eigenvalue weighted by molar-refractivity contribution is 7.80. The van der Waals surface area contributed by atoms with Crippen LogP contribution in [0.15, 0.2) is 85.1 Å². The van der Waals surface area contributed by atoms with Gasteiger partial charge in [0, 0.05) is 42.1 Å². The highest BCUT2D eigenvalue weighted by Gasteiger charge is 2.34. The van der Waals surface area contributed by atoms with E-state index >= 15 is 0 Å². The van der Waals surface area contributed by atoms with Crippen LogP contribution in [0.2, 0.25) is 0 Å². The fourth-order valence-corrected chi connectivity index (χ4v) is 6.44. The normalized spacial score (nSPS) is 14.7. The Morgan fingerprint density at radius 2 is 1.24 bits per heavy atom. The summed E-state index contributed by atoms with van der Waals surface area (Å²) in [7, 11) is 0. The first kappa shape index (κ1) is 45.7. The zero-order chi connectivity index (χ0) is 43.1. The van der Waals surface area contributed by atoms with Crippen LogP contribution in [0.3, 0.4) is 0 Å². The number of benzene rings is 3. The summed E-state index contributed by atoms with van der Waals surface area (Å²) < 4.78 is 0. The first-order valence-electron chi connectivity index (χ1n) is 19.1. The van der Waals surface area contributed by atoms with Gasteiger partial charge in [-0.15, -0.1) is 0 Å². The van der Waals surface area contributed by atoms with Crippen LogP contribution in [-0.4, -0.2) is 110 Å². The van der Waals surface area contributed by atoms with Crippen LogP contribution in [0, 0.1) is 0 Å². The van der Waals surface area contributed by atoms with Crippen molar-refractivity contribution < 1.29 is 44.1 Å². The Hall–Kier alpha value is -5.95. The van der Waals surface area contributed by atoms with E-state index < -0.39 is 77.9 Å². The highest BCUT2D eigenvalue weighted by atomic mass is 32.1. The smallest absolute Gasteiger partial charge is 0.326 e. The van der Waals surface area contributed by atoms with Gasteiger partial charge in [0.2, 0.25) is 29.5 Å². The monoisotopic (exact) mass is 832 g/mol. The first-order chi connectivity index (χ1) is 28.2. The molecule has 4 aromatic rings. The van der Waals surface area contributed by atoms with Crippen LogP contribution in [0.5, 0.6) is 5.75 Å². The summed E-state index contributed by atoms with van der Waals surface area (Å²) in [6.07, 6.45) is 0.252. The number of rotatable bonds is 22. The van der Waals surface area contributed by atoms with Crippen molar-refractivity contribution in [3.05, 3.63) is 102 Å². The number of aromatic hydroxyl groups is 1. The summed E-state index contributed by atoms with van der Waals surface area (Å²) in [5.74, 6) is -5.41. The van der Waals surface area contributed by atoms with Crippen LogP contribution >= 0.6 is 12.6 Å². The van der Waals surface area contributed by atoms with Crippen LogP contribution in [0.4, 0.5) is 0 Å². The van der Waals surface area contributed by atoms with Gasteiger partial charge in [0.25, 0.3) is 0 Å². The molecule has 0 bridgehead atoms. The number of carbonyl (C=O) groups excluding carboxylic acids is 5. The first-order valence-corrected chi connectivity index (χ1v) is 19.7. The number of aromatic nitrogens is 1. The van der Waals surface area contributed by atoms with Gasteiger partial charge >= 0.3 is 5.97 Å². The molecule has 59 heavy (non-hydrogen) atoms. The molecule has 4 rings (SSSR count). The van der Waals surface area contributed by atoms with Crippen LogP contribution < -0.4 is 38.1 Å². The van der Waals surface area contributed by atoms with Gasteiger partial charge in [-0.3, -0.25) is 24.0 Å². The topological polar surface area (TPSA) is 291 Å². The van der Waals surface area contributed by atoms with E-state index in [1.54, 1.807) is 48.7 Å². The van der Waals surface area contributed by atoms with E-state index in [1.807, 2.05) is 24.3 Å². The third-order valence-corrected chi connectivity index (χ3v) is 9.96. The van der Waals surface area contributed by atoms with Gasteiger partial charge < -0.3 is 58.4 Å². The van der Waals surface area contributed by atoms with Crippen molar-refractivity contribution in [2.45, 2.75) is 81.4 Å². The van der Waals surface area contributed by atoms with Crippen molar-refractivity contribution in [2.24, 2.45) is 11.5 Å². The number of carboxylic acid groups (broad SMARTS) is 1. The minimum Gasteiger partial charge on any atom is -0.508 e. The summed E-state index contributed by atoms with van der Waals surface area (Å²) in [6, 6.07) is 13.9. The molecule has 18 heteroatoms. The number of fused-ring (bicyclic) bond motifs is 1. The third-order valence-electron chi connectivity index (χ3n) is 9.56. The molecule has 13 N–H and O–H groups in total. The zero-order valence-corrected chi connectivity index (χ0v) is 33.4. The lowest BCUT2D eigenvalue weighted by molar-refractivity contribution is -0.143. The molecular weight excluding hydrogens is 781 g/mol. The molecule has 316 valence electrons. The molecule has 1 heterocycles. The summed E-state index contributed by atoms with van der Waals surface area (Å²) >= 11 is 4.09. The molecule has 0 saturated heterocycles. The van der Waals surface area contributed by atoms with Crippen LogP contribution in [0.25, 0.3) is 10.9 Å². The fourth-order valence-electron chi connectivity index (χ4n) is 6.27. The maximum absolute atomic E-state index is 14.3. The van der Waals surface area contributed by atoms with Crippen molar-refractivity contribution in [3.63, 3.8) is 0 Å². The molecule has 17 nitrogen and oxygen atoms in total. The number of hydrogen-bond donors (Lipinski definition) is 12. The van der Waals surface area contributed by atoms with Gasteiger partial charge in [-0.05, 0) is 61.2 Å². The maximum Gasteiger partial charge on any atom is 0.326 e. The molecule has 5 amide bonds. The fraction of sp³-hybridized carbons (Fsp3) is 0.366. The second-order valence-electron chi connectivity index (χ2n) is 14.2. The number of phenols is 1. The number of H-pyrrole nitrogens is 1. The average molecular weight is 833 g/mol. The number of thiol groups is 1. The zero-order valence-electron chi connectivity index (χ0n) is 32.5. The Morgan fingerprint density at radius 3 is 1.86 bits per heavy atom. The molecule has 0 unspecified atom stereocenters. The number of para-hydroxylation sites is 1. The quantitative estimate of drug-likeness (QED) is 0.0460. The van der Waals surface area contributed by atoms with Gasteiger partial charge in [-0.1, -0.05) is 60.7 Å². The molecule has 0 spiro atoms. The van der Waals surface area contributed by atoms with Gasteiger partial charge in [-0.2, -0.15) is 12.6 Å². The molecule has 0 radical (unpaired) electrons. The third kappa shape index (κ3) is 13.6. The van der Waals surface area contributed by atoms with Gasteiger partial charge in [0.15, 0.2) is 0 Å². The molecule has 1 aromatic heterocycles. The number of aromatic amines is 1. The van der Waals surface area contributed by atoms with E-state index in [-0.39, 0.29) is 50.2 Å². The van der Waals surface area contributed by atoms with Crippen molar-refractivity contribution in [3.8, 4) is 5.75 Å². The van der Waals surface area contributed by atoms with Crippen LogP contribution in [0.1, 0.15) is 36.5 Å². The van der Waals surface area contributed by atoms with Crippen molar-refractivity contribution in [1.82, 2.24) is 31.6 Å². The Labute approximate surface area is 346 Å². The molecule has 0 saturated carbocycles. The molecule has 0 aliphatic heterocycles. The van der Waals surface area contributed by atoms with Crippen LogP contribution in [-0.2, 0) is 48.0 Å². The lowest BCUT2D eigenvalue weighted by Gasteiger charge is -2.28. The van der Waals surface area contributed by atoms with E-state index in [0.29, 0.717) is 16.7 Å². The van der Waals surface area contributed by atoms with E-state index in [0.717, 1.165) is 10.9 Å². The molecular formula is C41H52N8O9S. The minimum absolute atomic E-state index is 0.00696. The summed E-state index contributed by atoms with van der Waals surface area (Å²) in [5.41, 5.74) is 14.3. The highest BCUT2D eigenvalue weighted by Crippen LogP contribution is 2.20. The number of aliphatic hydroxyl groups excluding tert-OH is 1. The van der Waals surface area contributed by atoms with Gasteiger partial charge in [-0.25, -0.2) is 4.79 Å². The number of aliphatic hydroxyl groups is 1. The number of carbonyl (C=O) groups is 6. The van der Waals surface area contributed by atoms with Gasteiger partial charge in [0.05, 0.1) is 12.1 Å². The lowest BCUT2D eigenvalue weighted by atomic mass is 10.0. The second kappa shape index (κ2) is 22.3. The summed E-state index contributed by atoms with van der Waals surface area (Å²) in [6.45, 7) is 1.37. The Morgan fingerprint density at radius 1 is 0.695 bits per heavy atom. The van der Waals surface area contributed by atoms with E-state index in [9.17, 15) is 44.1 Å². The molecule has 0 aliphatic rings. The molecule has 7 atom stereocenters. The summed E-state index contributed by atoms with van der Waals surface area (Å²) in [4.78, 5) is 83.7. The number of nitrogens with one attached hydrogen (secondary N) is 6. The van der Waals surface area contributed by atoms with Gasteiger partial charge in [0.1, 0.15) is 36.0 Å². The van der Waals surface area contributed by atoms with E-state index in [2.05, 4.69) is 44.2 Å². The van der Waals surface area contributed by atoms with E-state index in [1.165, 1.54) is 19.1 Å². The molecule has 0 fully saturated rings.